The number of phenolic OH excluding ortho intramolecular Hbond substituents is 1. The van der Waals surface area contributed by atoms with Gasteiger partial charge in [-0.25, -0.2) is 0 Å². The molecular formula is C21H24O7. The molecule has 0 heterocycles. The van der Waals surface area contributed by atoms with Gasteiger partial charge in [-0.3, -0.25) is 9.59 Å². The highest BCUT2D eigenvalue weighted by Gasteiger charge is 2.05. The molecule has 2 aromatic rings. The minimum Gasteiger partial charge on any atom is -0.504 e. The van der Waals surface area contributed by atoms with E-state index in [0.717, 1.165) is 5.56 Å². The molecule has 0 spiro atoms. The lowest BCUT2D eigenvalue weighted by Gasteiger charge is -2.03. The van der Waals surface area contributed by atoms with Crippen LogP contribution in [0.2, 0.25) is 0 Å². The monoisotopic (exact) mass is 388 g/mol. The van der Waals surface area contributed by atoms with Crippen molar-refractivity contribution in [1.29, 1.82) is 0 Å². The van der Waals surface area contributed by atoms with E-state index in [2.05, 4.69) is 0 Å². The first-order chi connectivity index (χ1) is 12.5. The van der Waals surface area contributed by atoms with Crippen molar-refractivity contribution in [3.05, 3.63) is 65.7 Å². The highest BCUT2D eigenvalue weighted by molar-refractivity contribution is 6.10. The molecule has 150 valence electrons. The van der Waals surface area contributed by atoms with Crippen molar-refractivity contribution in [1.82, 2.24) is 0 Å². The Labute approximate surface area is 163 Å². The number of aromatic hydroxyl groups is 1. The van der Waals surface area contributed by atoms with Gasteiger partial charge in [0.25, 0.3) is 0 Å². The molecule has 0 aliphatic carbocycles. The van der Waals surface area contributed by atoms with Crippen LogP contribution in [0.1, 0.15) is 17.5 Å². The minimum atomic E-state index is -0.308. The van der Waals surface area contributed by atoms with Crippen molar-refractivity contribution >= 4 is 23.7 Å². The summed E-state index contributed by atoms with van der Waals surface area (Å²) in [4.78, 5) is 23.8. The third kappa shape index (κ3) is 7.45. The summed E-state index contributed by atoms with van der Waals surface area (Å²) < 4.78 is 10.1. The van der Waals surface area contributed by atoms with Gasteiger partial charge in [-0.05, 0) is 47.5 Å². The second-order valence-electron chi connectivity index (χ2n) is 5.48. The average molecular weight is 388 g/mol. The number of hydrogen-bond donors (Lipinski definition) is 1. The van der Waals surface area contributed by atoms with Crippen molar-refractivity contribution in [3.63, 3.8) is 0 Å². The Bertz CT molecular complexity index is 854. The smallest absolute Gasteiger partial charge is 0.163 e. The van der Waals surface area contributed by atoms with Gasteiger partial charge in [0.1, 0.15) is 5.75 Å². The van der Waals surface area contributed by atoms with Gasteiger partial charge in [-0.2, -0.15) is 0 Å². The molecule has 7 nitrogen and oxygen atoms in total. The Balaban J connectivity index is 0.00000364. The van der Waals surface area contributed by atoms with E-state index in [9.17, 15) is 14.7 Å². The quantitative estimate of drug-likeness (QED) is 0.545. The van der Waals surface area contributed by atoms with Crippen LogP contribution in [0.25, 0.3) is 12.2 Å². The molecule has 0 saturated heterocycles. The molecule has 28 heavy (non-hydrogen) atoms. The van der Waals surface area contributed by atoms with Crippen molar-refractivity contribution < 1.29 is 35.1 Å². The van der Waals surface area contributed by atoms with Crippen LogP contribution in [-0.4, -0.2) is 41.8 Å². The molecule has 0 bridgehead atoms. The maximum Gasteiger partial charge on any atom is 0.163 e. The van der Waals surface area contributed by atoms with Crippen molar-refractivity contribution in [2.24, 2.45) is 0 Å². The number of ether oxygens (including phenoxy) is 2. The molecule has 0 aromatic heterocycles. The standard InChI is InChI=1S/C21H20O5.2H2O/c1-25-19-5-3-4-15(12-19)6-9-17(22)14-18(23)10-7-16-8-11-20(24)21(13-16)26-2;;/h3-13,24H,14H2,1-2H3;2*1H2/b9-6+,10-7+;;. The number of ketones is 2. The molecule has 0 amide bonds. The van der Waals surface area contributed by atoms with Gasteiger partial charge >= 0.3 is 0 Å². The molecule has 0 saturated carbocycles. The van der Waals surface area contributed by atoms with Gasteiger partial charge in [0.05, 0.1) is 20.6 Å². The fraction of sp³-hybridized carbons (Fsp3) is 0.143. The van der Waals surface area contributed by atoms with E-state index in [1.54, 1.807) is 37.5 Å². The van der Waals surface area contributed by atoms with Crippen LogP contribution in [0.15, 0.2) is 54.6 Å². The molecule has 5 N–H and O–H groups in total. The first kappa shape index (κ1) is 24.6. The number of allylic oxidation sites excluding steroid dienone is 2. The second-order valence-corrected chi connectivity index (χ2v) is 5.48. The number of carbonyl (C=O) groups is 2. The van der Waals surface area contributed by atoms with Crippen LogP contribution >= 0.6 is 0 Å². The minimum absolute atomic E-state index is 0. The fourth-order valence-electron chi connectivity index (χ4n) is 2.21. The molecular weight excluding hydrogens is 364 g/mol. The summed E-state index contributed by atoms with van der Waals surface area (Å²) in [5.41, 5.74) is 1.50. The lowest BCUT2D eigenvalue weighted by atomic mass is 10.1. The molecule has 0 atom stereocenters. The van der Waals surface area contributed by atoms with E-state index in [1.165, 1.54) is 25.3 Å². The first-order valence-electron chi connectivity index (χ1n) is 7.94. The zero-order chi connectivity index (χ0) is 18.9. The van der Waals surface area contributed by atoms with Crippen molar-refractivity contribution in [2.45, 2.75) is 6.42 Å². The number of methoxy groups -OCH3 is 2. The van der Waals surface area contributed by atoms with Gasteiger partial charge in [0.15, 0.2) is 23.1 Å². The van der Waals surface area contributed by atoms with Crippen LogP contribution in [0.4, 0.5) is 0 Å². The Hall–Kier alpha value is -3.42. The lowest BCUT2D eigenvalue weighted by Crippen LogP contribution is -2.01. The largest absolute Gasteiger partial charge is 0.504 e. The number of rotatable bonds is 8. The molecule has 0 radical (unpaired) electrons. The average Bonchev–Trinajstić information content (AvgIpc) is 2.66. The fourth-order valence-corrected chi connectivity index (χ4v) is 2.21. The Morgan fingerprint density at radius 3 is 2.07 bits per heavy atom. The summed E-state index contributed by atoms with van der Waals surface area (Å²) in [6, 6.07) is 12.0. The molecule has 2 aromatic carbocycles. The molecule has 0 unspecified atom stereocenters. The van der Waals surface area contributed by atoms with Gasteiger partial charge in [0, 0.05) is 0 Å². The van der Waals surface area contributed by atoms with Gasteiger partial charge in [-0.1, -0.05) is 30.4 Å². The van der Waals surface area contributed by atoms with Gasteiger partial charge in [-0.15, -0.1) is 0 Å². The number of phenols is 1. The highest BCUT2D eigenvalue weighted by atomic mass is 16.5. The Morgan fingerprint density at radius 2 is 1.50 bits per heavy atom. The summed E-state index contributed by atoms with van der Waals surface area (Å²) in [6.07, 6.45) is 5.72. The topological polar surface area (TPSA) is 136 Å². The van der Waals surface area contributed by atoms with Crippen LogP contribution in [-0.2, 0) is 9.59 Å². The summed E-state index contributed by atoms with van der Waals surface area (Å²) >= 11 is 0. The van der Waals surface area contributed by atoms with E-state index < -0.39 is 0 Å². The van der Waals surface area contributed by atoms with E-state index in [0.29, 0.717) is 17.1 Å². The third-order valence-corrected chi connectivity index (χ3v) is 3.57. The van der Waals surface area contributed by atoms with Crippen LogP contribution in [0.3, 0.4) is 0 Å². The summed E-state index contributed by atoms with van der Waals surface area (Å²) in [6.45, 7) is 0. The van der Waals surface area contributed by atoms with Crippen molar-refractivity contribution in [2.75, 3.05) is 14.2 Å². The van der Waals surface area contributed by atoms with E-state index in [4.69, 9.17) is 9.47 Å². The van der Waals surface area contributed by atoms with E-state index in [-0.39, 0.29) is 34.7 Å². The lowest BCUT2D eigenvalue weighted by molar-refractivity contribution is -0.121. The van der Waals surface area contributed by atoms with Gasteiger partial charge < -0.3 is 25.5 Å². The summed E-state index contributed by atoms with van der Waals surface area (Å²) in [7, 11) is 3.02. The maximum atomic E-state index is 11.9. The van der Waals surface area contributed by atoms with Gasteiger partial charge in [0.2, 0.25) is 0 Å². The molecule has 2 rings (SSSR count). The Morgan fingerprint density at radius 1 is 0.893 bits per heavy atom. The predicted octanol–water partition coefficient (Wildman–Crippen LogP) is 2.01. The maximum absolute atomic E-state index is 11.9. The molecule has 7 heteroatoms. The predicted molar refractivity (Wildman–Crippen MR) is 108 cm³/mol. The molecule has 0 aliphatic heterocycles. The second kappa shape index (κ2) is 12.1. The number of carbonyl (C=O) groups excluding carboxylic acids is 2. The SMILES string of the molecule is COc1cccc(/C=C/C(=O)CC(=O)/C=C/c2ccc(O)c(OC)c2)c1.O.O. The summed E-state index contributed by atoms with van der Waals surface area (Å²) in [5.74, 6) is 0.441. The van der Waals surface area contributed by atoms with Crippen LogP contribution in [0, 0.1) is 0 Å². The first-order valence-corrected chi connectivity index (χ1v) is 7.94. The number of benzene rings is 2. The van der Waals surface area contributed by atoms with Crippen LogP contribution in [0.5, 0.6) is 17.2 Å². The number of hydrogen-bond acceptors (Lipinski definition) is 5. The van der Waals surface area contributed by atoms with E-state index >= 15 is 0 Å². The van der Waals surface area contributed by atoms with E-state index in [1.807, 2.05) is 18.2 Å². The zero-order valence-corrected chi connectivity index (χ0v) is 15.6. The molecule has 0 fully saturated rings. The third-order valence-electron chi connectivity index (χ3n) is 3.57. The Kier molecular flexibility index (Phi) is 10.6. The zero-order valence-electron chi connectivity index (χ0n) is 15.6. The molecule has 0 aliphatic rings. The highest BCUT2D eigenvalue weighted by Crippen LogP contribution is 2.26. The normalized spacial score (nSPS) is 10.2. The van der Waals surface area contributed by atoms with Crippen LogP contribution < -0.4 is 9.47 Å². The summed E-state index contributed by atoms with van der Waals surface area (Å²) in [5, 5.41) is 9.54. The van der Waals surface area contributed by atoms with Crippen molar-refractivity contribution in [3.8, 4) is 17.2 Å².